The summed E-state index contributed by atoms with van der Waals surface area (Å²) in [6.07, 6.45) is 2.98. The molecule has 0 aromatic carbocycles. The van der Waals surface area contributed by atoms with Crippen molar-refractivity contribution in [3.05, 3.63) is 22.8 Å². The first-order valence-electron chi connectivity index (χ1n) is 4.83. The van der Waals surface area contributed by atoms with E-state index >= 15 is 0 Å². The van der Waals surface area contributed by atoms with Gasteiger partial charge in [0.25, 0.3) is 5.91 Å². The molecular formula is C10H14ClN3OS. The lowest BCUT2D eigenvalue weighted by molar-refractivity contribution is 0.0953. The third-order valence-electron chi connectivity index (χ3n) is 1.89. The van der Waals surface area contributed by atoms with Crippen molar-refractivity contribution in [2.75, 3.05) is 24.3 Å². The lowest BCUT2D eigenvalue weighted by Crippen LogP contribution is -2.25. The number of nitrogens with one attached hydrogen (secondary N) is 1. The molecule has 1 aromatic heterocycles. The summed E-state index contributed by atoms with van der Waals surface area (Å²) in [5.41, 5.74) is 5.94. The molecule has 0 saturated heterocycles. The Balaban J connectivity index is 2.52. The summed E-state index contributed by atoms with van der Waals surface area (Å²) in [4.78, 5) is 15.4. The van der Waals surface area contributed by atoms with Gasteiger partial charge in [0.05, 0.1) is 0 Å². The summed E-state index contributed by atoms with van der Waals surface area (Å²) >= 11 is 7.46. The van der Waals surface area contributed by atoms with Crippen LogP contribution < -0.4 is 11.1 Å². The largest absolute Gasteiger partial charge is 0.384 e. The first-order valence-corrected chi connectivity index (χ1v) is 6.61. The summed E-state index contributed by atoms with van der Waals surface area (Å²) in [7, 11) is 0. The molecule has 0 fully saturated rings. The predicted molar refractivity (Wildman–Crippen MR) is 69.0 cm³/mol. The fourth-order valence-corrected chi connectivity index (χ4v) is 1.82. The molecule has 1 amide bonds. The van der Waals surface area contributed by atoms with Crippen molar-refractivity contribution in [3.63, 3.8) is 0 Å². The van der Waals surface area contributed by atoms with E-state index in [9.17, 15) is 4.79 Å². The third kappa shape index (κ3) is 4.28. The molecule has 1 aromatic rings. The van der Waals surface area contributed by atoms with E-state index in [0.29, 0.717) is 12.1 Å². The SMILES string of the molecule is CSCCCNC(=O)c1cc(N)nc(Cl)c1. The predicted octanol–water partition coefficient (Wildman–Crippen LogP) is 1.80. The quantitative estimate of drug-likeness (QED) is 0.625. The average Bonchev–Trinajstić information content (AvgIpc) is 2.22. The standard InChI is InChI=1S/C10H14ClN3OS/c1-16-4-2-3-13-10(15)7-5-8(11)14-9(12)6-7/h5-6H,2-4H2,1H3,(H2,12,14)(H,13,15). The van der Waals surface area contributed by atoms with Crippen LogP contribution in [0.4, 0.5) is 5.82 Å². The molecule has 0 aliphatic rings. The van der Waals surface area contributed by atoms with E-state index in [1.54, 1.807) is 11.8 Å². The number of nitrogen functional groups attached to an aromatic ring is 1. The topological polar surface area (TPSA) is 68.0 Å². The fraction of sp³-hybridized carbons (Fsp3) is 0.400. The van der Waals surface area contributed by atoms with Crippen molar-refractivity contribution in [2.45, 2.75) is 6.42 Å². The van der Waals surface area contributed by atoms with Crippen LogP contribution >= 0.6 is 23.4 Å². The molecule has 0 unspecified atom stereocenters. The second kappa shape index (κ2) is 6.60. The maximum atomic E-state index is 11.7. The summed E-state index contributed by atoms with van der Waals surface area (Å²) in [5, 5.41) is 3.02. The van der Waals surface area contributed by atoms with Gasteiger partial charge in [0.1, 0.15) is 11.0 Å². The number of pyridine rings is 1. The highest BCUT2D eigenvalue weighted by Crippen LogP contribution is 2.11. The Hall–Kier alpha value is -0.940. The molecule has 0 saturated carbocycles. The summed E-state index contributed by atoms with van der Waals surface area (Å²) in [5.74, 6) is 1.11. The van der Waals surface area contributed by atoms with E-state index in [1.807, 2.05) is 6.26 Å². The van der Waals surface area contributed by atoms with Crippen LogP contribution in [0.5, 0.6) is 0 Å². The zero-order valence-corrected chi connectivity index (χ0v) is 10.6. The van der Waals surface area contributed by atoms with Crippen LogP contribution in [-0.2, 0) is 0 Å². The van der Waals surface area contributed by atoms with Gasteiger partial charge in [0.2, 0.25) is 0 Å². The second-order valence-electron chi connectivity index (χ2n) is 3.21. The summed E-state index contributed by atoms with van der Waals surface area (Å²) in [6, 6.07) is 3.01. The van der Waals surface area contributed by atoms with Crippen LogP contribution in [0.15, 0.2) is 12.1 Å². The number of amides is 1. The van der Waals surface area contributed by atoms with Gasteiger partial charge >= 0.3 is 0 Å². The van der Waals surface area contributed by atoms with Gasteiger partial charge in [-0.3, -0.25) is 4.79 Å². The van der Waals surface area contributed by atoms with Crippen molar-refractivity contribution in [1.29, 1.82) is 0 Å². The van der Waals surface area contributed by atoms with Crippen LogP contribution in [0.25, 0.3) is 0 Å². The van der Waals surface area contributed by atoms with Crippen LogP contribution in [-0.4, -0.2) is 29.4 Å². The molecule has 0 aliphatic heterocycles. The van der Waals surface area contributed by atoms with Crippen LogP contribution in [0.2, 0.25) is 5.15 Å². The number of nitrogens with two attached hydrogens (primary N) is 1. The Kier molecular flexibility index (Phi) is 5.42. The molecule has 0 aliphatic carbocycles. The van der Waals surface area contributed by atoms with Gasteiger partial charge in [0.15, 0.2) is 0 Å². The van der Waals surface area contributed by atoms with Gasteiger partial charge in [-0.2, -0.15) is 11.8 Å². The molecule has 3 N–H and O–H groups in total. The molecular weight excluding hydrogens is 246 g/mol. The average molecular weight is 260 g/mol. The normalized spacial score (nSPS) is 10.1. The van der Waals surface area contributed by atoms with Crippen LogP contribution in [0.1, 0.15) is 16.8 Å². The number of rotatable bonds is 5. The zero-order chi connectivity index (χ0) is 12.0. The minimum absolute atomic E-state index is 0.169. The Morgan fingerprint density at radius 2 is 2.38 bits per heavy atom. The number of hydrogen-bond donors (Lipinski definition) is 2. The number of hydrogen-bond acceptors (Lipinski definition) is 4. The molecule has 1 rings (SSSR count). The van der Waals surface area contributed by atoms with Crippen molar-refractivity contribution in [1.82, 2.24) is 10.3 Å². The Morgan fingerprint density at radius 1 is 1.62 bits per heavy atom. The molecule has 6 heteroatoms. The third-order valence-corrected chi connectivity index (χ3v) is 2.78. The molecule has 0 radical (unpaired) electrons. The maximum Gasteiger partial charge on any atom is 0.251 e. The van der Waals surface area contributed by atoms with Crippen molar-refractivity contribution in [2.24, 2.45) is 0 Å². The zero-order valence-electron chi connectivity index (χ0n) is 9.00. The monoisotopic (exact) mass is 259 g/mol. The Morgan fingerprint density at radius 3 is 3.00 bits per heavy atom. The number of thioether (sulfide) groups is 1. The van der Waals surface area contributed by atoms with Gasteiger partial charge in [-0.15, -0.1) is 0 Å². The van der Waals surface area contributed by atoms with E-state index in [1.165, 1.54) is 12.1 Å². The number of aromatic nitrogens is 1. The first-order chi connectivity index (χ1) is 7.63. The van der Waals surface area contributed by atoms with E-state index in [0.717, 1.165) is 12.2 Å². The Labute approximate surface area is 104 Å². The number of carbonyl (C=O) groups is 1. The second-order valence-corrected chi connectivity index (χ2v) is 4.58. The van der Waals surface area contributed by atoms with Crippen LogP contribution in [0.3, 0.4) is 0 Å². The number of anilines is 1. The Bertz CT molecular complexity index is 353. The van der Waals surface area contributed by atoms with Gasteiger partial charge in [-0.25, -0.2) is 4.98 Å². The van der Waals surface area contributed by atoms with Crippen LogP contribution in [0, 0.1) is 0 Å². The van der Waals surface area contributed by atoms with Gasteiger partial charge in [0, 0.05) is 12.1 Å². The highest BCUT2D eigenvalue weighted by Gasteiger charge is 2.07. The molecule has 0 atom stereocenters. The number of carbonyl (C=O) groups excluding carboxylic acids is 1. The van der Waals surface area contributed by atoms with Crippen molar-refractivity contribution in [3.8, 4) is 0 Å². The molecule has 88 valence electrons. The number of nitrogens with zero attached hydrogens (tertiary/aromatic N) is 1. The van der Waals surface area contributed by atoms with E-state index in [2.05, 4.69) is 10.3 Å². The smallest absolute Gasteiger partial charge is 0.251 e. The van der Waals surface area contributed by atoms with E-state index < -0.39 is 0 Å². The highest BCUT2D eigenvalue weighted by molar-refractivity contribution is 7.98. The highest BCUT2D eigenvalue weighted by atomic mass is 35.5. The fourth-order valence-electron chi connectivity index (χ4n) is 1.17. The minimum atomic E-state index is -0.169. The maximum absolute atomic E-state index is 11.7. The minimum Gasteiger partial charge on any atom is -0.384 e. The van der Waals surface area contributed by atoms with E-state index in [4.69, 9.17) is 17.3 Å². The molecule has 1 heterocycles. The lowest BCUT2D eigenvalue weighted by atomic mass is 10.2. The van der Waals surface area contributed by atoms with E-state index in [-0.39, 0.29) is 16.9 Å². The molecule has 0 spiro atoms. The van der Waals surface area contributed by atoms with Gasteiger partial charge in [-0.05, 0) is 30.6 Å². The summed E-state index contributed by atoms with van der Waals surface area (Å²) in [6.45, 7) is 0.652. The van der Waals surface area contributed by atoms with Crippen molar-refractivity contribution < 1.29 is 4.79 Å². The van der Waals surface area contributed by atoms with Crippen molar-refractivity contribution >= 4 is 35.1 Å². The summed E-state index contributed by atoms with van der Waals surface area (Å²) < 4.78 is 0. The first kappa shape index (κ1) is 13.1. The van der Waals surface area contributed by atoms with Gasteiger partial charge in [-0.1, -0.05) is 11.6 Å². The number of halogens is 1. The van der Waals surface area contributed by atoms with Gasteiger partial charge < -0.3 is 11.1 Å². The lowest BCUT2D eigenvalue weighted by Gasteiger charge is -2.05. The molecule has 16 heavy (non-hydrogen) atoms. The molecule has 4 nitrogen and oxygen atoms in total. The molecule has 0 bridgehead atoms.